The number of imidazole rings is 1. The van der Waals surface area contributed by atoms with E-state index in [2.05, 4.69) is 4.98 Å². The van der Waals surface area contributed by atoms with Gasteiger partial charge in [0.15, 0.2) is 0 Å². The van der Waals surface area contributed by atoms with Crippen molar-refractivity contribution in [3.63, 3.8) is 0 Å². The molecule has 0 bridgehead atoms. The predicted molar refractivity (Wildman–Crippen MR) is 101 cm³/mol. The maximum atomic E-state index is 13.1. The third-order valence-electron chi connectivity index (χ3n) is 4.17. The molecule has 0 saturated carbocycles. The number of aromatic hydroxyl groups is 1. The first-order valence-corrected chi connectivity index (χ1v) is 10.8. The van der Waals surface area contributed by atoms with E-state index in [1.54, 1.807) is 12.1 Å². The van der Waals surface area contributed by atoms with Gasteiger partial charge in [0.05, 0.1) is 15.3 Å². The van der Waals surface area contributed by atoms with E-state index in [4.69, 9.17) is 0 Å². The fourth-order valence-corrected chi connectivity index (χ4v) is 5.13. The molecule has 0 aliphatic carbocycles. The minimum atomic E-state index is -4.03. The van der Waals surface area contributed by atoms with Crippen LogP contribution < -0.4 is 0 Å². The van der Waals surface area contributed by atoms with Gasteiger partial charge in [0, 0.05) is 20.2 Å². The maximum Gasteiger partial charge on any atom is 0.269 e. The lowest BCUT2D eigenvalue weighted by atomic mass is 10.2. The Kier molecular flexibility index (Phi) is 4.53. The van der Waals surface area contributed by atoms with Crippen molar-refractivity contribution in [3.05, 3.63) is 47.8 Å². The van der Waals surface area contributed by atoms with Crippen molar-refractivity contribution in [3.8, 4) is 5.75 Å². The smallest absolute Gasteiger partial charge is 0.269 e. The summed E-state index contributed by atoms with van der Waals surface area (Å²) < 4.78 is 53.1. The monoisotopic (exact) mass is 409 g/mol. The van der Waals surface area contributed by atoms with E-state index in [-0.39, 0.29) is 26.6 Å². The molecule has 0 unspecified atom stereocenters. The average Bonchev–Trinajstić information content (AvgIpc) is 2.92. The van der Waals surface area contributed by atoms with Crippen LogP contribution in [0.25, 0.3) is 11.0 Å². The minimum absolute atomic E-state index is 0.00602. The summed E-state index contributed by atoms with van der Waals surface area (Å²) in [5, 5.41) is 10.3. The molecule has 8 nitrogen and oxygen atoms in total. The zero-order valence-corrected chi connectivity index (χ0v) is 16.8. The molecule has 0 fully saturated rings. The number of sulfonamides is 1. The summed E-state index contributed by atoms with van der Waals surface area (Å²) in [4.78, 5) is 3.93. The Morgan fingerprint density at radius 1 is 0.963 bits per heavy atom. The topological polar surface area (TPSA) is 110 Å². The van der Waals surface area contributed by atoms with Gasteiger partial charge in [0.25, 0.3) is 10.0 Å². The molecule has 0 aliphatic rings. The molecule has 0 radical (unpaired) electrons. The molecule has 1 aromatic heterocycles. The molecule has 0 aliphatic heterocycles. The molecule has 0 spiro atoms. The van der Waals surface area contributed by atoms with Crippen molar-refractivity contribution < 1.29 is 21.9 Å². The lowest BCUT2D eigenvalue weighted by Gasteiger charge is -2.13. The van der Waals surface area contributed by atoms with Crippen molar-refractivity contribution in [2.75, 3.05) is 14.1 Å². The highest BCUT2D eigenvalue weighted by atomic mass is 32.2. The summed E-state index contributed by atoms with van der Waals surface area (Å²) in [7, 11) is -5.21. The molecule has 3 aromatic rings. The summed E-state index contributed by atoms with van der Waals surface area (Å²) >= 11 is 0. The second-order valence-electron chi connectivity index (χ2n) is 6.34. The van der Waals surface area contributed by atoms with E-state index < -0.39 is 25.8 Å². The number of phenolic OH excluding ortho intramolecular Hbond substituents is 1. The zero-order chi connectivity index (χ0) is 20.1. The molecular formula is C17H19N3O5S2. The van der Waals surface area contributed by atoms with Crippen molar-refractivity contribution in [1.29, 1.82) is 0 Å². The number of fused-ring (bicyclic) bond motifs is 1. The molecule has 2 aromatic carbocycles. The largest absolute Gasteiger partial charge is 0.506 e. The Labute approximate surface area is 157 Å². The van der Waals surface area contributed by atoms with Gasteiger partial charge in [-0.2, -0.15) is 0 Å². The fraction of sp³-hybridized carbons (Fsp3) is 0.235. The highest BCUT2D eigenvalue weighted by molar-refractivity contribution is 7.90. The van der Waals surface area contributed by atoms with Crippen molar-refractivity contribution >= 4 is 31.1 Å². The van der Waals surface area contributed by atoms with Crippen LogP contribution in [0.2, 0.25) is 0 Å². The van der Waals surface area contributed by atoms with Gasteiger partial charge >= 0.3 is 0 Å². The van der Waals surface area contributed by atoms with Gasteiger partial charge in [0.1, 0.15) is 17.1 Å². The minimum Gasteiger partial charge on any atom is -0.506 e. The van der Waals surface area contributed by atoms with Crippen LogP contribution in [0.15, 0.2) is 46.2 Å². The molecule has 1 heterocycles. The molecule has 0 saturated heterocycles. The summed E-state index contributed by atoms with van der Waals surface area (Å²) in [6.07, 6.45) is 0. The Balaban J connectivity index is 2.36. The Morgan fingerprint density at radius 2 is 1.56 bits per heavy atom. The maximum absolute atomic E-state index is 13.1. The Morgan fingerprint density at radius 3 is 2.11 bits per heavy atom. The molecule has 10 heteroatoms. The first-order valence-electron chi connectivity index (χ1n) is 7.93. The molecule has 0 amide bonds. The first-order chi connectivity index (χ1) is 12.5. The van der Waals surface area contributed by atoms with Gasteiger partial charge in [-0.05, 0) is 32.0 Å². The normalized spacial score (nSPS) is 12.8. The van der Waals surface area contributed by atoms with Crippen LogP contribution in [-0.2, 0) is 20.0 Å². The fourth-order valence-electron chi connectivity index (χ4n) is 2.71. The third-order valence-corrected chi connectivity index (χ3v) is 7.77. The molecule has 1 N–H and O–H groups in total. The molecule has 144 valence electrons. The van der Waals surface area contributed by atoms with Gasteiger partial charge in [-0.1, -0.05) is 17.7 Å². The van der Waals surface area contributed by atoms with Gasteiger partial charge < -0.3 is 5.11 Å². The van der Waals surface area contributed by atoms with Gasteiger partial charge in [-0.25, -0.2) is 30.1 Å². The number of aromatic nitrogens is 2. The van der Waals surface area contributed by atoms with Crippen LogP contribution in [0.4, 0.5) is 0 Å². The number of benzene rings is 2. The van der Waals surface area contributed by atoms with E-state index in [0.29, 0.717) is 0 Å². The summed E-state index contributed by atoms with van der Waals surface area (Å²) in [5.74, 6) is -0.297. The van der Waals surface area contributed by atoms with Crippen LogP contribution in [0.3, 0.4) is 0 Å². The van der Waals surface area contributed by atoms with Gasteiger partial charge in [0.2, 0.25) is 10.0 Å². The molecule has 3 rings (SSSR count). The Hall–Kier alpha value is -2.43. The third kappa shape index (κ3) is 3.09. The first kappa shape index (κ1) is 19.3. The van der Waals surface area contributed by atoms with Crippen LogP contribution >= 0.6 is 0 Å². The number of aryl methyl sites for hydroxylation is 2. The van der Waals surface area contributed by atoms with Crippen molar-refractivity contribution in [2.45, 2.75) is 23.6 Å². The summed E-state index contributed by atoms with van der Waals surface area (Å²) in [6, 6.07) is 8.54. The quantitative estimate of drug-likeness (QED) is 0.704. The molecule has 0 atom stereocenters. The summed E-state index contributed by atoms with van der Waals surface area (Å²) in [5.41, 5.74) is 0.910. The number of hydrogen-bond acceptors (Lipinski definition) is 6. The van der Waals surface area contributed by atoms with Crippen LogP contribution in [-0.4, -0.2) is 49.3 Å². The highest BCUT2D eigenvalue weighted by Crippen LogP contribution is 2.32. The number of hydrogen-bond donors (Lipinski definition) is 1. The second-order valence-corrected chi connectivity index (χ2v) is 10.3. The number of nitrogens with zero attached hydrogens (tertiary/aromatic N) is 3. The van der Waals surface area contributed by atoms with Crippen LogP contribution in [0.5, 0.6) is 5.75 Å². The van der Waals surface area contributed by atoms with E-state index in [9.17, 15) is 21.9 Å². The van der Waals surface area contributed by atoms with Crippen LogP contribution in [0, 0.1) is 13.8 Å². The number of rotatable bonds is 4. The van der Waals surface area contributed by atoms with Crippen molar-refractivity contribution in [1.82, 2.24) is 13.3 Å². The van der Waals surface area contributed by atoms with E-state index in [0.717, 1.165) is 19.9 Å². The SMILES string of the molecule is Cc1ccc(S(=O)(=O)n2c(C)nc3c(O)cc(S(=O)(=O)N(C)C)cc32)cc1. The zero-order valence-electron chi connectivity index (χ0n) is 15.2. The summed E-state index contributed by atoms with van der Waals surface area (Å²) in [6.45, 7) is 3.32. The van der Waals surface area contributed by atoms with E-state index in [1.165, 1.54) is 39.2 Å². The van der Waals surface area contributed by atoms with Crippen LogP contribution in [0.1, 0.15) is 11.4 Å². The lowest BCUT2D eigenvalue weighted by Crippen LogP contribution is -2.22. The van der Waals surface area contributed by atoms with Crippen molar-refractivity contribution in [2.24, 2.45) is 0 Å². The van der Waals surface area contributed by atoms with E-state index in [1.807, 2.05) is 6.92 Å². The molecule has 27 heavy (non-hydrogen) atoms. The second kappa shape index (κ2) is 6.32. The number of phenols is 1. The van der Waals surface area contributed by atoms with Gasteiger partial charge in [-0.3, -0.25) is 0 Å². The van der Waals surface area contributed by atoms with Gasteiger partial charge in [-0.15, -0.1) is 0 Å². The lowest BCUT2D eigenvalue weighted by molar-refractivity contribution is 0.477. The predicted octanol–water partition coefficient (Wildman–Crippen LogP) is 1.85. The molecular weight excluding hydrogens is 390 g/mol. The average molecular weight is 409 g/mol. The standard InChI is InChI=1S/C17H19N3O5S2/c1-11-5-7-13(8-6-11)27(24,25)20-12(2)18-17-15(20)9-14(10-16(17)21)26(22,23)19(3)4/h5-10,21H,1-4H3. The highest BCUT2D eigenvalue weighted by Gasteiger charge is 2.27. The van der Waals surface area contributed by atoms with E-state index >= 15 is 0 Å². The Bertz CT molecular complexity index is 1240.